The van der Waals surface area contributed by atoms with Crippen molar-refractivity contribution in [2.45, 2.75) is 13.5 Å². The molecule has 1 heterocycles. The van der Waals surface area contributed by atoms with Crippen molar-refractivity contribution >= 4 is 5.91 Å². The van der Waals surface area contributed by atoms with Gasteiger partial charge in [-0.15, -0.1) is 0 Å². The lowest BCUT2D eigenvalue weighted by Crippen LogP contribution is -2.23. The van der Waals surface area contributed by atoms with Crippen molar-refractivity contribution in [3.05, 3.63) is 77.6 Å². The number of carbonyl (C=O) groups excluding carboxylic acids is 1. The normalized spacial score (nSPS) is 10.5. The highest BCUT2D eigenvalue weighted by molar-refractivity contribution is 5.94. The van der Waals surface area contributed by atoms with E-state index in [1.807, 2.05) is 37.3 Å². The van der Waals surface area contributed by atoms with Crippen LogP contribution in [0.15, 0.2) is 59.0 Å². The molecule has 0 bridgehead atoms. The molecule has 0 atom stereocenters. The van der Waals surface area contributed by atoms with Gasteiger partial charge in [-0.3, -0.25) is 4.79 Å². The van der Waals surface area contributed by atoms with Gasteiger partial charge in [0.15, 0.2) is 0 Å². The van der Waals surface area contributed by atoms with Crippen molar-refractivity contribution in [2.75, 3.05) is 0 Å². The molecule has 23 heavy (non-hydrogen) atoms. The van der Waals surface area contributed by atoms with Crippen molar-refractivity contribution in [1.82, 2.24) is 10.3 Å². The van der Waals surface area contributed by atoms with Crippen LogP contribution in [0, 0.1) is 12.7 Å². The number of hydrogen-bond acceptors (Lipinski definition) is 3. The lowest BCUT2D eigenvalue weighted by Gasteiger charge is -2.02. The summed E-state index contributed by atoms with van der Waals surface area (Å²) >= 11 is 0. The minimum Gasteiger partial charge on any atom is -0.443 e. The van der Waals surface area contributed by atoms with Crippen LogP contribution in [0.1, 0.15) is 22.0 Å². The fraction of sp³-hybridized carbons (Fsp3) is 0.111. The first kappa shape index (κ1) is 15.0. The molecule has 0 aliphatic rings. The van der Waals surface area contributed by atoms with Crippen LogP contribution in [0.3, 0.4) is 0 Å². The van der Waals surface area contributed by atoms with Gasteiger partial charge in [0, 0.05) is 11.1 Å². The first-order valence-corrected chi connectivity index (χ1v) is 7.19. The van der Waals surface area contributed by atoms with E-state index in [9.17, 15) is 9.18 Å². The van der Waals surface area contributed by atoms with E-state index in [-0.39, 0.29) is 18.0 Å². The predicted molar refractivity (Wildman–Crippen MR) is 84.2 cm³/mol. The van der Waals surface area contributed by atoms with Gasteiger partial charge in [0.25, 0.3) is 5.91 Å². The van der Waals surface area contributed by atoms with E-state index in [4.69, 9.17) is 4.42 Å². The third kappa shape index (κ3) is 3.45. The zero-order chi connectivity index (χ0) is 16.2. The highest BCUT2D eigenvalue weighted by Crippen LogP contribution is 2.22. The second-order valence-corrected chi connectivity index (χ2v) is 5.07. The average molecular weight is 310 g/mol. The van der Waals surface area contributed by atoms with Gasteiger partial charge in [-0.2, -0.15) is 0 Å². The van der Waals surface area contributed by atoms with E-state index in [1.54, 1.807) is 6.07 Å². The topological polar surface area (TPSA) is 55.1 Å². The Bertz CT molecular complexity index is 828. The number of aromatic nitrogens is 1. The third-order valence-corrected chi connectivity index (χ3v) is 3.38. The summed E-state index contributed by atoms with van der Waals surface area (Å²) in [6.45, 7) is 1.97. The van der Waals surface area contributed by atoms with Crippen molar-refractivity contribution in [1.29, 1.82) is 0 Å². The van der Waals surface area contributed by atoms with Gasteiger partial charge in [0.05, 0.1) is 6.54 Å². The number of hydrogen-bond donors (Lipinski definition) is 1. The Morgan fingerprint density at radius 3 is 2.70 bits per heavy atom. The fourth-order valence-corrected chi connectivity index (χ4v) is 2.28. The highest BCUT2D eigenvalue weighted by atomic mass is 19.1. The second-order valence-electron chi connectivity index (χ2n) is 5.07. The molecule has 3 aromatic rings. The standard InChI is InChI=1S/C18H15FN2O2/c1-12-17(13-6-3-2-4-7-13)21-16(23-12)11-20-18(22)14-8-5-9-15(19)10-14/h2-10H,11H2,1H3,(H,20,22). The monoisotopic (exact) mass is 310 g/mol. The van der Waals surface area contributed by atoms with Gasteiger partial charge in [-0.25, -0.2) is 9.37 Å². The lowest BCUT2D eigenvalue weighted by molar-refractivity contribution is 0.0946. The maximum atomic E-state index is 13.1. The van der Waals surface area contributed by atoms with Crippen LogP contribution >= 0.6 is 0 Å². The molecule has 3 rings (SSSR count). The average Bonchev–Trinajstić information content (AvgIpc) is 2.94. The number of halogens is 1. The molecule has 1 amide bonds. The molecule has 0 unspecified atom stereocenters. The molecule has 5 heteroatoms. The molecule has 0 saturated carbocycles. The Kier molecular flexibility index (Phi) is 4.19. The van der Waals surface area contributed by atoms with Crippen molar-refractivity contribution in [3.8, 4) is 11.3 Å². The minimum absolute atomic E-state index is 0.142. The first-order chi connectivity index (χ1) is 11.1. The molecule has 0 fully saturated rings. The predicted octanol–water partition coefficient (Wildman–Crippen LogP) is 3.72. The van der Waals surface area contributed by atoms with E-state index in [2.05, 4.69) is 10.3 Å². The second kappa shape index (κ2) is 6.44. The summed E-state index contributed by atoms with van der Waals surface area (Å²) in [7, 11) is 0. The van der Waals surface area contributed by atoms with Gasteiger partial charge >= 0.3 is 0 Å². The van der Waals surface area contributed by atoms with Crippen LogP contribution in [0.2, 0.25) is 0 Å². The van der Waals surface area contributed by atoms with Crippen LogP contribution in [0.5, 0.6) is 0 Å². The van der Waals surface area contributed by atoms with Crippen LogP contribution in [-0.4, -0.2) is 10.9 Å². The zero-order valence-electron chi connectivity index (χ0n) is 12.5. The Balaban J connectivity index is 1.71. The molecule has 0 spiro atoms. The third-order valence-electron chi connectivity index (χ3n) is 3.38. The van der Waals surface area contributed by atoms with E-state index in [0.29, 0.717) is 11.7 Å². The maximum Gasteiger partial charge on any atom is 0.251 e. The number of benzene rings is 2. The van der Waals surface area contributed by atoms with Crippen LogP contribution < -0.4 is 5.32 Å². The molecule has 1 N–H and O–H groups in total. The van der Waals surface area contributed by atoms with Gasteiger partial charge < -0.3 is 9.73 Å². The number of nitrogens with one attached hydrogen (secondary N) is 1. The highest BCUT2D eigenvalue weighted by Gasteiger charge is 2.13. The first-order valence-electron chi connectivity index (χ1n) is 7.19. The molecular formula is C18H15FN2O2. The number of nitrogens with zero attached hydrogens (tertiary/aromatic N) is 1. The fourth-order valence-electron chi connectivity index (χ4n) is 2.28. The van der Waals surface area contributed by atoms with Crippen molar-refractivity contribution in [3.63, 3.8) is 0 Å². The molecule has 0 radical (unpaired) electrons. The van der Waals surface area contributed by atoms with E-state index in [0.717, 1.165) is 11.3 Å². The Hall–Kier alpha value is -2.95. The Labute approximate surface area is 133 Å². The van der Waals surface area contributed by atoms with E-state index >= 15 is 0 Å². The van der Waals surface area contributed by atoms with Gasteiger partial charge in [-0.05, 0) is 25.1 Å². The molecule has 0 aliphatic heterocycles. The SMILES string of the molecule is Cc1oc(CNC(=O)c2cccc(F)c2)nc1-c1ccccc1. The molecule has 116 valence electrons. The molecule has 1 aromatic heterocycles. The number of oxazole rings is 1. The summed E-state index contributed by atoms with van der Waals surface area (Å²) in [6, 6.07) is 15.2. The quantitative estimate of drug-likeness (QED) is 0.799. The minimum atomic E-state index is -0.448. The summed E-state index contributed by atoms with van der Waals surface area (Å²) < 4.78 is 18.7. The molecule has 0 saturated heterocycles. The summed E-state index contributed by atoms with van der Waals surface area (Å²) in [6.07, 6.45) is 0. The molecule has 4 nitrogen and oxygen atoms in total. The largest absolute Gasteiger partial charge is 0.443 e. The maximum absolute atomic E-state index is 13.1. The van der Waals surface area contributed by atoms with Crippen molar-refractivity contribution in [2.24, 2.45) is 0 Å². The summed E-state index contributed by atoms with van der Waals surface area (Å²) in [4.78, 5) is 16.4. The number of aryl methyl sites for hydroxylation is 1. The summed E-state index contributed by atoms with van der Waals surface area (Å²) in [5.74, 6) is 0.273. The summed E-state index contributed by atoms with van der Waals surface area (Å²) in [5, 5.41) is 2.67. The molecular weight excluding hydrogens is 295 g/mol. The Morgan fingerprint density at radius 2 is 1.96 bits per heavy atom. The smallest absolute Gasteiger partial charge is 0.251 e. The van der Waals surface area contributed by atoms with Crippen molar-refractivity contribution < 1.29 is 13.6 Å². The number of rotatable bonds is 4. The van der Waals surface area contributed by atoms with Crippen LogP contribution in [0.25, 0.3) is 11.3 Å². The molecule has 0 aliphatic carbocycles. The lowest BCUT2D eigenvalue weighted by atomic mass is 10.1. The Morgan fingerprint density at radius 1 is 1.17 bits per heavy atom. The van der Waals surface area contributed by atoms with Gasteiger partial charge in [-0.1, -0.05) is 36.4 Å². The zero-order valence-corrected chi connectivity index (χ0v) is 12.5. The van der Waals surface area contributed by atoms with Crippen LogP contribution in [-0.2, 0) is 6.54 Å². The molecule has 2 aromatic carbocycles. The van der Waals surface area contributed by atoms with E-state index < -0.39 is 5.82 Å². The van der Waals surface area contributed by atoms with E-state index in [1.165, 1.54) is 18.2 Å². The van der Waals surface area contributed by atoms with Crippen LogP contribution in [0.4, 0.5) is 4.39 Å². The summed E-state index contributed by atoms with van der Waals surface area (Å²) in [5.41, 5.74) is 1.97. The number of amides is 1. The van der Waals surface area contributed by atoms with Gasteiger partial charge in [0.1, 0.15) is 17.3 Å². The number of carbonyl (C=O) groups is 1. The van der Waals surface area contributed by atoms with Gasteiger partial charge in [0.2, 0.25) is 5.89 Å².